The molecule has 11 nitrogen and oxygen atoms in total. The smallest absolute Gasteiger partial charge is 0.187 e. The molecule has 1 saturated heterocycles. The maximum absolute atomic E-state index is 10.6. The molecule has 1 fully saturated rings. The van der Waals surface area contributed by atoms with Crippen LogP contribution in [0.5, 0.6) is 0 Å². The Morgan fingerprint density at radius 2 is 1.79 bits per heavy atom. The molecule has 1 aliphatic rings. The highest BCUT2D eigenvalue weighted by molar-refractivity contribution is 5.56. The molecule has 0 radical (unpaired) electrons. The highest BCUT2D eigenvalue weighted by atomic mass is 16.7. The first-order valence-corrected chi connectivity index (χ1v) is 7.23. The van der Waals surface area contributed by atoms with E-state index in [9.17, 15) is 30.3 Å². The molecule has 0 aromatic carbocycles. The monoisotopic (exact) mass is 356 g/mol. The molecule has 0 aliphatic carbocycles. The van der Waals surface area contributed by atoms with Crippen LogP contribution in [0.4, 0.5) is 0 Å². The summed E-state index contributed by atoms with van der Waals surface area (Å²) in [4.78, 5) is 10.6. The molecule has 0 aromatic heterocycles. The Hall–Kier alpha value is -0.730. The quantitative estimate of drug-likeness (QED) is 0.196. The molecular formula is C13H24O11. The summed E-state index contributed by atoms with van der Waals surface area (Å²) in [5.74, 6) is 0. The lowest BCUT2D eigenvalue weighted by Crippen LogP contribution is -2.62. The van der Waals surface area contributed by atoms with Crippen molar-refractivity contribution in [2.75, 3.05) is 20.3 Å². The van der Waals surface area contributed by atoms with Gasteiger partial charge in [-0.3, -0.25) is 0 Å². The number of ether oxygens (including phenoxy) is 3. The molecular weight excluding hydrogens is 332 g/mol. The fourth-order valence-electron chi connectivity index (χ4n) is 2.35. The van der Waals surface area contributed by atoms with Crippen LogP contribution in [0.3, 0.4) is 0 Å². The Morgan fingerprint density at radius 1 is 1.17 bits per heavy atom. The van der Waals surface area contributed by atoms with Crippen molar-refractivity contribution >= 4 is 6.29 Å². The maximum Gasteiger partial charge on any atom is 0.187 e. The third-order valence-corrected chi connectivity index (χ3v) is 3.78. The number of carbonyl (C=O) groups excluding carboxylic acids is 1. The molecule has 1 heterocycles. The van der Waals surface area contributed by atoms with Gasteiger partial charge in [0.05, 0.1) is 13.2 Å². The van der Waals surface area contributed by atoms with Crippen LogP contribution in [-0.2, 0) is 19.0 Å². The molecule has 11 heteroatoms. The number of carbonyl (C=O) groups is 1. The van der Waals surface area contributed by atoms with E-state index in [1.807, 2.05) is 0 Å². The predicted molar refractivity (Wildman–Crippen MR) is 74.6 cm³/mol. The minimum absolute atomic E-state index is 0.00970. The third-order valence-electron chi connectivity index (χ3n) is 3.78. The van der Waals surface area contributed by atoms with Crippen molar-refractivity contribution in [2.24, 2.45) is 0 Å². The molecule has 0 spiro atoms. The van der Waals surface area contributed by atoms with E-state index in [-0.39, 0.29) is 6.29 Å². The average molecular weight is 356 g/mol. The lowest BCUT2D eigenvalue weighted by molar-refractivity contribution is -0.330. The van der Waals surface area contributed by atoms with Crippen molar-refractivity contribution in [3.63, 3.8) is 0 Å². The van der Waals surface area contributed by atoms with Gasteiger partial charge in [-0.15, -0.1) is 0 Å². The van der Waals surface area contributed by atoms with Gasteiger partial charge in [0.15, 0.2) is 12.6 Å². The summed E-state index contributed by atoms with van der Waals surface area (Å²) in [6, 6.07) is 0. The molecule has 0 bridgehead atoms. The van der Waals surface area contributed by atoms with Gasteiger partial charge in [0.25, 0.3) is 0 Å². The Kier molecular flexibility index (Phi) is 8.59. The van der Waals surface area contributed by atoms with E-state index in [2.05, 4.69) is 0 Å². The summed E-state index contributed by atoms with van der Waals surface area (Å²) in [5, 5.41) is 67.0. The Labute approximate surface area is 137 Å². The molecule has 0 aromatic rings. The number of methoxy groups -OCH3 is 1. The second-order valence-corrected chi connectivity index (χ2v) is 5.37. The van der Waals surface area contributed by atoms with E-state index >= 15 is 0 Å². The van der Waals surface area contributed by atoms with Crippen molar-refractivity contribution in [3.8, 4) is 0 Å². The molecule has 142 valence electrons. The first-order valence-electron chi connectivity index (χ1n) is 7.23. The second-order valence-electron chi connectivity index (χ2n) is 5.37. The summed E-state index contributed by atoms with van der Waals surface area (Å²) in [7, 11) is 1.17. The zero-order valence-electron chi connectivity index (χ0n) is 13.0. The number of aliphatic hydroxyl groups is 7. The van der Waals surface area contributed by atoms with Gasteiger partial charge in [0.2, 0.25) is 0 Å². The van der Waals surface area contributed by atoms with E-state index in [0.717, 1.165) is 0 Å². The largest absolute Gasteiger partial charge is 0.394 e. The molecule has 0 amide bonds. The van der Waals surface area contributed by atoms with E-state index in [0.29, 0.717) is 0 Å². The maximum atomic E-state index is 10.6. The topological polar surface area (TPSA) is 186 Å². The minimum Gasteiger partial charge on any atom is -0.394 e. The SMILES string of the molecule is CO[C@H]1[C@H](O[C@@H]([C@H](O)[C@@H](O)C=O)[C@H](O)CO)O[C@H](CO)[C@H](O)[C@@H]1O. The zero-order chi connectivity index (χ0) is 18.4. The van der Waals surface area contributed by atoms with Crippen LogP contribution in [-0.4, -0.2) is 117 Å². The molecule has 0 unspecified atom stereocenters. The first-order chi connectivity index (χ1) is 11.3. The van der Waals surface area contributed by atoms with Gasteiger partial charge >= 0.3 is 0 Å². The molecule has 1 aliphatic heterocycles. The minimum atomic E-state index is -1.91. The van der Waals surface area contributed by atoms with Crippen LogP contribution >= 0.6 is 0 Å². The van der Waals surface area contributed by atoms with Crippen LogP contribution in [0.25, 0.3) is 0 Å². The summed E-state index contributed by atoms with van der Waals surface area (Å²) in [6.07, 6.45) is -14.2. The highest BCUT2D eigenvalue weighted by Gasteiger charge is 2.47. The summed E-state index contributed by atoms with van der Waals surface area (Å²) >= 11 is 0. The lowest BCUT2D eigenvalue weighted by Gasteiger charge is -2.43. The van der Waals surface area contributed by atoms with Crippen LogP contribution < -0.4 is 0 Å². The predicted octanol–water partition coefficient (Wildman–Crippen LogP) is -4.90. The summed E-state index contributed by atoms with van der Waals surface area (Å²) < 4.78 is 15.5. The van der Waals surface area contributed by atoms with Gasteiger partial charge in [-0.1, -0.05) is 0 Å². The lowest BCUT2D eigenvalue weighted by atomic mass is 9.98. The van der Waals surface area contributed by atoms with Crippen LogP contribution in [0.1, 0.15) is 0 Å². The molecule has 7 N–H and O–H groups in total. The molecule has 9 atom stereocenters. The fraction of sp³-hybridized carbons (Fsp3) is 0.923. The Morgan fingerprint density at radius 3 is 2.25 bits per heavy atom. The van der Waals surface area contributed by atoms with E-state index < -0.39 is 68.3 Å². The van der Waals surface area contributed by atoms with Crippen molar-refractivity contribution in [3.05, 3.63) is 0 Å². The number of rotatable bonds is 9. The highest BCUT2D eigenvalue weighted by Crippen LogP contribution is 2.26. The Balaban J connectivity index is 2.98. The van der Waals surface area contributed by atoms with Crippen molar-refractivity contribution in [1.82, 2.24) is 0 Å². The molecule has 0 saturated carbocycles. The van der Waals surface area contributed by atoms with Gasteiger partial charge in [0, 0.05) is 7.11 Å². The van der Waals surface area contributed by atoms with Crippen molar-refractivity contribution in [2.45, 2.75) is 55.1 Å². The molecule has 1 rings (SSSR count). The summed E-state index contributed by atoms with van der Waals surface area (Å²) in [5.41, 5.74) is 0. The second kappa shape index (κ2) is 9.68. The van der Waals surface area contributed by atoms with E-state index in [1.165, 1.54) is 7.11 Å². The van der Waals surface area contributed by atoms with Gasteiger partial charge in [-0.25, -0.2) is 0 Å². The number of hydrogen-bond donors (Lipinski definition) is 7. The standard InChI is InChI=1S/C13H24O11/c1-22-12-10(21)9(20)7(4-16)23-13(12)24-11(6(18)3-15)8(19)5(17)2-14/h2,5-13,15-21H,3-4H2,1H3/t5-,6+,7+,8+,9-,10-,11+,12+,13-/m0/s1. The van der Waals surface area contributed by atoms with Gasteiger partial charge in [-0.05, 0) is 0 Å². The van der Waals surface area contributed by atoms with Crippen molar-refractivity contribution in [1.29, 1.82) is 0 Å². The van der Waals surface area contributed by atoms with Gasteiger partial charge < -0.3 is 54.8 Å². The van der Waals surface area contributed by atoms with E-state index in [1.54, 1.807) is 0 Å². The third kappa shape index (κ3) is 4.67. The fourth-order valence-corrected chi connectivity index (χ4v) is 2.35. The zero-order valence-corrected chi connectivity index (χ0v) is 13.0. The first kappa shape index (κ1) is 21.3. The number of hydrogen-bond acceptors (Lipinski definition) is 11. The van der Waals surface area contributed by atoms with Crippen LogP contribution in [0.15, 0.2) is 0 Å². The normalized spacial score (nSPS) is 35.9. The Bertz CT molecular complexity index is 381. The number of aldehydes is 1. The van der Waals surface area contributed by atoms with Crippen LogP contribution in [0.2, 0.25) is 0 Å². The van der Waals surface area contributed by atoms with Gasteiger partial charge in [0.1, 0.15) is 48.8 Å². The van der Waals surface area contributed by atoms with E-state index in [4.69, 9.17) is 24.4 Å². The summed E-state index contributed by atoms with van der Waals surface area (Å²) in [6.45, 7) is -1.53. The van der Waals surface area contributed by atoms with Crippen molar-refractivity contribution < 1.29 is 54.8 Å². The molecule has 24 heavy (non-hydrogen) atoms. The average Bonchev–Trinajstić information content (AvgIpc) is 2.60. The number of aliphatic hydroxyl groups excluding tert-OH is 7. The van der Waals surface area contributed by atoms with Crippen LogP contribution in [0, 0.1) is 0 Å². The van der Waals surface area contributed by atoms with Gasteiger partial charge in [-0.2, -0.15) is 0 Å².